The van der Waals surface area contributed by atoms with Crippen molar-refractivity contribution in [3.05, 3.63) is 29.3 Å². The van der Waals surface area contributed by atoms with Gasteiger partial charge < -0.3 is 15.0 Å². The van der Waals surface area contributed by atoms with Crippen molar-refractivity contribution in [1.29, 1.82) is 0 Å². The first-order chi connectivity index (χ1) is 13.6. The third kappa shape index (κ3) is 3.02. The molecular formula is C20H21N5O2S. The molecule has 4 heterocycles. The number of ether oxygens (including phenoxy) is 1. The zero-order chi connectivity index (χ0) is 19.3. The zero-order valence-electron chi connectivity index (χ0n) is 15.8. The molecule has 1 aromatic carbocycles. The van der Waals surface area contributed by atoms with E-state index in [2.05, 4.69) is 38.6 Å². The number of aromatic nitrogens is 3. The monoisotopic (exact) mass is 395 g/mol. The summed E-state index contributed by atoms with van der Waals surface area (Å²) in [6.07, 6.45) is 2.22. The number of amides is 1. The van der Waals surface area contributed by atoms with E-state index in [4.69, 9.17) is 9.72 Å². The van der Waals surface area contributed by atoms with Crippen LogP contribution in [-0.4, -0.2) is 46.4 Å². The first-order valence-electron chi connectivity index (χ1n) is 9.47. The fraction of sp³-hybridized carbons (Fsp3) is 0.400. The number of nitrogens with zero attached hydrogens (tertiary/aromatic N) is 4. The van der Waals surface area contributed by atoms with Crippen molar-refractivity contribution in [3.63, 3.8) is 0 Å². The van der Waals surface area contributed by atoms with E-state index in [1.54, 1.807) is 11.3 Å². The molecule has 1 amide bonds. The van der Waals surface area contributed by atoms with Gasteiger partial charge in [-0.3, -0.25) is 4.79 Å². The molecular weight excluding hydrogens is 374 g/mol. The highest BCUT2D eigenvalue weighted by atomic mass is 32.1. The molecule has 2 aromatic heterocycles. The van der Waals surface area contributed by atoms with Crippen LogP contribution in [0.15, 0.2) is 24.3 Å². The molecule has 2 saturated heterocycles. The van der Waals surface area contributed by atoms with Crippen LogP contribution < -0.4 is 10.2 Å². The highest BCUT2D eigenvalue weighted by Gasteiger charge is 2.39. The van der Waals surface area contributed by atoms with Crippen molar-refractivity contribution in [1.82, 2.24) is 15.2 Å². The van der Waals surface area contributed by atoms with Crippen LogP contribution in [0.25, 0.3) is 21.3 Å². The van der Waals surface area contributed by atoms with Gasteiger partial charge in [0.05, 0.1) is 25.3 Å². The number of rotatable bonds is 3. The standard InChI is InChI=1S/C20H21N5O2S/c1-11(26)21-18-8-14-7-13(20-24-23-12(2)28-20)3-6-17(14)19(22-18)25-15-4-5-16(25)10-27-9-15/h3,6-8,15-16H,4-5,9-10H2,1-2H3,(H,21,22,26). The number of carbonyl (C=O) groups is 1. The molecule has 3 aromatic rings. The Hall–Kier alpha value is -2.58. The summed E-state index contributed by atoms with van der Waals surface area (Å²) in [6.45, 7) is 4.91. The summed E-state index contributed by atoms with van der Waals surface area (Å²) in [5, 5.41) is 15.2. The van der Waals surface area contributed by atoms with E-state index in [-0.39, 0.29) is 5.91 Å². The molecule has 28 heavy (non-hydrogen) atoms. The van der Waals surface area contributed by atoms with Gasteiger partial charge in [-0.05, 0) is 43.4 Å². The second-order valence-electron chi connectivity index (χ2n) is 7.40. The molecule has 2 aliphatic heterocycles. The van der Waals surface area contributed by atoms with Gasteiger partial charge in [0, 0.05) is 17.9 Å². The Morgan fingerprint density at radius 1 is 1.21 bits per heavy atom. The number of aryl methyl sites for hydroxylation is 1. The summed E-state index contributed by atoms with van der Waals surface area (Å²) in [7, 11) is 0. The van der Waals surface area contributed by atoms with Gasteiger partial charge in [0.25, 0.3) is 0 Å². The van der Waals surface area contributed by atoms with Crippen molar-refractivity contribution in [3.8, 4) is 10.6 Å². The molecule has 5 rings (SSSR count). The highest BCUT2D eigenvalue weighted by molar-refractivity contribution is 7.14. The Morgan fingerprint density at radius 2 is 2.00 bits per heavy atom. The Bertz CT molecular complexity index is 1050. The average molecular weight is 395 g/mol. The number of hydrogen-bond acceptors (Lipinski definition) is 7. The van der Waals surface area contributed by atoms with Crippen molar-refractivity contribution >= 4 is 39.7 Å². The van der Waals surface area contributed by atoms with Crippen LogP contribution in [0.2, 0.25) is 0 Å². The SMILES string of the molecule is CC(=O)Nc1cc2cc(-c3nnc(C)s3)ccc2c(N2C3CCC2COC3)n1. The van der Waals surface area contributed by atoms with Crippen molar-refractivity contribution in [2.75, 3.05) is 23.4 Å². The van der Waals surface area contributed by atoms with Crippen LogP contribution in [-0.2, 0) is 9.53 Å². The molecule has 0 saturated carbocycles. The van der Waals surface area contributed by atoms with E-state index in [9.17, 15) is 4.79 Å². The average Bonchev–Trinajstić information content (AvgIpc) is 3.20. The third-order valence-corrected chi connectivity index (χ3v) is 6.26. The molecule has 0 radical (unpaired) electrons. The lowest BCUT2D eigenvalue weighted by Crippen LogP contribution is -2.46. The lowest BCUT2D eigenvalue weighted by molar-refractivity contribution is -0.114. The summed E-state index contributed by atoms with van der Waals surface area (Å²) < 4.78 is 5.74. The number of nitrogens with one attached hydrogen (secondary N) is 1. The molecule has 0 spiro atoms. The van der Waals surface area contributed by atoms with Gasteiger partial charge in [0.15, 0.2) is 0 Å². The molecule has 0 aliphatic carbocycles. The van der Waals surface area contributed by atoms with E-state index in [1.165, 1.54) is 6.92 Å². The summed E-state index contributed by atoms with van der Waals surface area (Å²) in [5.41, 5.74) is 1.02. The molecule has 2 aliphatic rings. The van der Waals surface area contributed by atoms with Crippen LogP contribution in [0.3, 0.4) is 0 Å². The summed E-state index contributed by atoms with van der Waals surface area (Å²) in [4.78, 5) is 18.9. The van der Waals surface area contributed by atoms with E-state index < -0.39 is 0 Å². The summed E-state index contributed by atoms with van der Waals surface area (Å²) >= 11 is 1.57. The largest absolute Gasteiger partial charge is 0.377 e. The number of pyridine rings is 1. The number of benzene rings is 1. The second-order valence-corrected chi connectivity index (χ2v) is 8.59. The minimum Gasteiger partial charge on any atom is -0.377 e. The predicted octanol–water partition coefficient (Wildman–Crippen LogP) is 3.39. The van der Waals surface area contributed by atoms with Gasteiger partial charge in [0.1, 0.15) is 21.7 Å². The third-order valence-electron chi connectivity index (χ3n) is 5.37. The number of carbonyl (C=O) groups excluding carboxylic acids is 1. The molecule has 2 fully saturated rings. The topological polar surface area (TPSA) is 80.2 Å². The Balaban J connectivity index is 1.66. The minimum absolute atomic E-state index is 0.126. The molecule has 1 N–H and O–H groups in total. The van der Waals surface area contributed by atoms with Crippen molar-refractivity contribution < 1.29 is 9.53 Å². The quantitative estimate of drug-likeness (QED) is 0.732. The molecule has 7 nitrogen and oxygen atoms in total. The fourth-order valence-electron chi connectivity index (χ4n) is 4.20. The molecule has 8 heteroatoms. The van der Waals surface area contributed by atoms with Crippen molar-refractivity contribution in [2.45, 2.75) is 38.8 Å². The van der Waals surface area contributed by atoms with Gasteiger partial charge in [-0.15, -0.1) is 10.2 Å². The first-order valence-corrected chi connectivity index (χ1v) is 10.3. The Morgan fingerprint density at radius 3 is 2.68 bits per heavy atom. The van der Waals surface area contributed by atoms with Gasteiger partial charge in [-0.2, -0.15) is 0 Å². The van der Waals surface area contributed by atoms with Crippen LogP contribution >= 0.6 is 11.3 Å². The maximum atomic E-state index is 11.7. The smallest absolute Gasteiger partial charge is 0.222 e. The number of morpholine rings is 1. The Labute approximate surface area is 166 Å². The van der Waals surface area contributed by atoms with Crippen LogP contribution in [0.1, 0.15) is 24.8 Å². The van der Waals surface area contributed by atoms with E-state index in [0.717, 1.165) is 58.2 Å². The normalized spacial score (nSPS) is 21.3. The van der Waals surface area contributed by atoms with E-state index in [0.29, 0.717) is 17.9 Å². The number of hydrogen-bond donors (Lipinski definition) is 1. The number of anilines is 2. The van der Waals surface area contributed by atoms with E-state index >= 15 is 0 Å². The molecule has 2 atom stereocenters. The molecule has 2 bridgehead atoms. The van der Waals surface area contributed by atoms with Gasteiger partial charge in [-0.25, -0.2) is 4.98 Å². The fourth-order valence-corrected chi connectivity index (χ4v) is 4.89. The van der Waals surface area contributed by atoms with Crippen LogP contribution in [0, 0.1) is 6.92 Å². The van der Waals surface area contributed by atoms with Gasteiger partial charge in [0.2, 0.25) is 5.91 Å². The maximum absolute atomic E-state index is 11.7. The summed E-state index contributed by atoms with van der Waals surface area (Å²) in [6, 6.07) is 8.90. The number of fused-ring (bicyclic) bond motifs is 3. The minimum atomic E-state index is -0.126. The summed E-state index contributed by atoms with van der Waals surface area (Å²) in [5.74, 6) is 1.38. The predicted molar refractivity (Wildman–Crippen MR) is 110 cm³/mol. The second kappa shape index (κ2) is 6.79. The molecule has 144 valence electrons. The lowest BCUT2D eigenvalue weighted by Gasteiger charge is -2.36. The Kier molecular flexibility index (Phi) is 4.25. The van der Waals surface area contributed by atoms with Crippen LogP contribution in [0.4, 0.5) is 11.6 Å². The van der Waals surface area contributed by atoms with Crippen molar-refractivity contribution in [2.24, 2.45) is 0 Å². The van der Waals surface area contributed by atoms with Gasteiger partial charge in [-0.1, -0.05) is 17.4 Å². The first kappa shape index (κ1) is 17.5. The van der Waals surface area contributed by atoms with Crippen LogP contribution in [0.5, 0.6) is 0 Å². The zero-order valence-corrected chi connectivity index (χ0v) is 16.6. The molecule has 2 unspecified atom stereocenters. The maximum Gasteiger partial charge on any atom is 0.222 e. The highest BCUT2D eigenvalue weighted by Crippen LogP contribution is 2.39. The van der Waals surface area contributed by atoms with Gasteiger partial charge >= 0.3 is 0 Å². The lowest BCUT2D eigenvalue weighted by atomic mass is 10.1. The van der Waals surface area contributed by atoms with E-state index in [1.807, 2.05) is 13.0 Å².